The van der Waals surface area contributed by atoms with Crippen molar-refractivity contribution < 1.29 is 0 Å². The smallest absolute Gasteiger partial charge is 0.0431 e. The van der Waals surface area contributed by atoms with Gasteiger partial charge in [-0.25, -0.2) is 0 Å². The molecule has 16 heavy (non-hydrogen) atoms. The average molecular weight is 243 g/mol. The summed E-state index contributed by atoms with van der Waals surface area (Å²) in [5.74, 6) is 2.51. The lowest BCUT2D eigenvalue weighted by Gasteiger charge is -2.50. The van der Waals surface area contributed by atoms with Gasteiger partial charge in [-0.15, -0.1) is 0 Å². The fourth-order valence-corrected chi connectivity index (χ4v) is 4.42. The minimum atomic E-state index is 0.300. The zero-order chi connectivity index (χ0) is 11.8. The second kappa shape index (κ2) is 4.84. The average Bonchev–Trinajstić information content (AvgIpc) is 2.75. The Balaban J connectivity index is 2.09. The van der Waals surface area contributed by atoms with E-state index in [4.69, 9.17) is 5.73 Å². The van der Waals surface area contributed by atoms with Crippen molar-refractivity contribution in [1.29, 1.82) is 0 Å². The van der Waals surface area contributed by atoms with Crippen LogP contribution in [0.1, 0.15) is 20.3 Å². The molecule has 3 atom stereocenters. The Labute approximate surface area is 104 Å². The Morgan fingerprint density at radius 3 is 2.38 bits per heavy atom. The molecule has 2 N–H and O–H groups in total. The third kappa shape index (κ3) is 2.13. The van der Waals surface area contributed by atoms with E-state index < -0.39 is 0 Å². The van der Waals surface area contributed by atoms with Crippen LogP contribution in [-0.4, -0.2) is 65.6 Å². The van der Waals surface area contributed by atoms with E-state index in [0.717, 1.165) is 6.54 Å². The van der Waals surface area contributed by atoms with Crippen LogP contribution in [0, 0.1) is 0 Å². The second-order valence-corrected chi connectivity index (χ2v) is 6.60. The Bertz CT molecular complexity index is 228. The lowest BCUT2D eigenvalue weighted by molar-refractivity contribution is 0.000881. The van der Waals surface area contributed by atoms with E-state index in [1.165, 1.54) is 31.0 Å². The van der Waals surface area contributed by atoms with Gasteiger partial charge < -0.3 is 5.73 Å². The number of likely N-dealkylation sites (N-methyl/N-ethyl adjacent to an activating group) is 1. The Kier molecular flexibility index (Phi) is 3.84. The van der Waals surface area contributed by atoms with Crippen LogP contribution < -0.4 is 5.73 Å². The fraction of sp³-hybridized carbons (Fsp3) is 1.00. The maximum absolute atomic E-state index is 6.06. The highest BCUT2D eigenvalue weighted by atomic mass is 32.2. The van der Waals surface area contributed by atoms with Gasteiger partial charge in [0, 0.05) is 43.0 Å². The van der Waals surface area contributed by atoms with Crippen LogP contribution in [-0.2, 0) is 0 Å². The molecule has 0 aromatic carbocycles. The molecule has 4 heteroatoms. The van der Waals surface area contributed by atoms with Gasteiger partial charge in [0.1, 0.15) is 0 Å². The van der Waals surface area contributed by atoms with Crippen LogP contribution in [0.5, 0.6) is 0 Å². The first kappa shape index (κ1) is 12.7. The van der Waals surface area contributed by atoms with Crippen molar-refractivity contribution in [2.75, 3.05) is 38.2 Å². The molecule has 94 valence electrons. The summed E-state index contributed by atoms with van der Waals surface area (Å²) < 4.78 is 0. The maximum atomic E-state index is 6.06. The molecule has 0 aromatic heterocycles. The molecule has 2 saturated heterocycles. The van der Waals surface area contributed by atoms with Crippen molar-refractivity contribution in [2.24, 2.45) is 5.73 Å². The van der Waals surface area contributed by atoms with Gasteiger partial charge in [0.15, 0.2) is 0 Å². The zero-order valence-electron chi connectivity index (χ0n) is 10.8. The van der Waals surface area contributed by atoms with Gasteiger partial charge in [-0.05, 0) is 33.1 Å². The molecule has 0 aromatic rings. The summed E-state index contributed by atoms with van der Waals surface area (Å²) in [7, 11) is 2.24. The number of piperazine rings is 1. The quantitative estimate of drug-likeness (QED) is 0.779. The van der Waals surface area contributed by atoms with E-state index in [9.17, 15) is 0 Å². The van der Waals surface area contributed by atoms with E-state index in [-0.39, 0.29) is 0 Å². The second-order valence-electron chi connectivity index (χ2n) is 5.50. The molecule has 0 radical (unpaired) electrons. The van der Waals surface area contributed by atoms with Crippen LogP contribution in [0.25, 0.3) is 0 Å². The lowest BCUT2D eigenvalue weighted by Crippen LogP contribution is -2.64. The number of nitrogens with two attached hydrogens (primary N) is 1. The van der Waals surface area contributed by atoms with Gasteiger partial charge in [-0.1, -0.05) is 0 Å². The topological polar surface area (TPSA) is 32.5 Å². The summed E-state index contributed by atoms with van der Waals surface area (Å²) in [5, 5.41) is 0. The maximum Gasteiger partial charge on any atom is 0.0431 e. The van der Waals surface area contributed by atoms with Crippen molar-refractivity contribution in [3.05, 3.63) is 0 Å². The van der Waals surface area contributed by atoms with Gasteiger partial charge in [0.05, 0.1) is 0 Å². The highest BCUT2D eigenvalue weighted by Crippen LogP contribution is 2.34. The molecular formula is C12H25N3S. The summed E-state index contributed by atoms with van der Waals surface area (Å²) in [6.07, 6.45) is 1.28. The normalized spacial score (nSPS) is 42.8. The lowest BCUT2D eigenvalue weighted by atomic mass is 9.93. The van der Waals surface area contributed by atoms with E-state index in [1.54, 1.807) is 0 Å². The first-order valence-electron chi connectivity index (χ1n) is 6.34. The largest absolute Gasteiger partial charge is 0.329 e. The monoisotopic (exact) mass is 243 g/mol. The molecule has 2 rings (SSSR count). The highest BCUT2D eigenvalue weighted by Gasteiger charge is 2.42. The fourth-order valence-electron chi connectivity index (χ4n) is 2.93. The van der Waals surface area contributed by atoms with Crippen LogP contribution in [0.15, 0.2) is 0 Å². The minimum absolute atomic E-state index is 0.300. The third-order valence-electron chi connectivity index (χ3n) is 4.49. The van der Waals surface area contributed by atoms with E-state index in [2.05, 4.69) is 42.5 Å². The summed E-state index contributed by atoms with van der Waals surface area (Å²) in [4.78, 5) is 5.16. The molecule has 0 saturated carbocycles. The number of thioether (sulfide) groups is 1. The summed E-state index contributed by atoms with van der Waals surface area (Å²) in [5.41, 5.74) is 6.36. The van der Waals surface area contributed by atoms with Crippen LogP contribution in [0.4, 0.5) is 0 Å². The molecule has 0 aliphatic carbocycles. The first-order valence-corrected chi connectivity index (χ1v) is 7.49. The van der Waals surface area contributed by atoms with Gasteiger partial charge >= 0.3 is 0 Å². The summed E-state index contributed by atoms with van der Waals surface area (Å²) in [6, 6.07) is 1.30. The van der Waals surface area contributed by atoms with Crippen LogP contribution in [0.2, 0.25) is 0 Å². The summed E-state index contributed by atoms with van der Waals surface area (Å²) in [6.45, 7) is 7.84. The third-order valence-corrected chi connectivity index (χ3v) is 5.73. The van der Waals surface area contributed by atoms with Crippen molar-refractivity contribution in [3.8, 4) is 0 Å². The number of rotatable bonds is 2. The first-order chi connectivity index (χ1) is 7.59. The molecule has 2 aliphatic rings. The highest BCUT2D eigenvalue weighted by molar-refractivity contribution is 7.99. The SMILES string of the molecule is CC1CN(C2(CN)CCSC2)CC(C)N1C. The zero-order valence-corrected chi connectivity index (χ0v) is 11.6. The molecule has 0 bridgehead atoms. The van der Waals surface area contributed by atoms with Gasteiger partial charge in [-0.2, -0.15) is 11.8 Å². The van der Waals surface area contributed by atoms with Crippen molar-refractivity contribution in [1.82, 2.24) is 9.80 Å². The molecular weight excluding hydrogens is 218 g/mol. The Hall–Kier alpha value is 0.230. The molecule has 0 spiro atoms. The Morgan fingerprint density at radius 2 is 1.94 bits per heavy atom. The molecule has 3 nitrogen and oxygen atoms in total. The van der Waals surface area contributed by atoms with Gasteiger partial charge in [0.25, 0.3) is 0 Å². The molecule has 3 unspecified atom stereocenters. The van der Waals surface area contributed by atoms with E-state index >= 15 is 0 Å². The number of nitrogens with zero attached hydrogens (tertiary/aromatic N) is 2. The molecule has 0 amide bonds. The van der Waals surface area contributed by atoms with Gasteiger partial charge in [0.2, 0.25) is 0 Å². The van der Waals surface area contributed by atoms with Crippen LogP contribution >= 0.6 is 11.8 Å². The minimum Gasteiger partial charge on any atom is -0.329 e. The standard InChI is InChI=1S/C12H25N3S/c1-10-6-15(7-11(2)14(10)3)12(8-13)4-5-16-9-12/h10-11H,4-9,13H2,1-3H3. The molecule has 2 aliphatic heterocycles. The summed E-state index contributed by atoms with van der Waals surface area (Å²) >= 11 is 2.07. The number of hydrogen-bond acceptors (Lipinski definition) is 4. The van der Waals surface area contributed by atoms with E-state index in [1.807, 2.05) is 0 Å². The number of hydrogen-bond donors (Lipinski definition) is 1. The van der Waals surface area contributed by atoms with Crippen molar-refractivity contribution >= 4 is 11.8 Å². The molecule has 2 fully saturated rings. The van der Waals surface area contributed by atoms with Crippen molar-refractivity contribution in [3.63, 3.8) is 0 Å². The van der Waals surface area contributed by atoms with Crippen molar-refractivity contribution in [2.45, 2.75) is 37.9 Å². The Morgan fingerprint density at radius 1 is 1.31 bits per heavy atom. The van der Waals surface area contributed by atoms with Gasteiger partial charge in [-0.3, -0.25) is 9.80 Å². The van der Waals surface area contributed by atoms with E-state index in [0.29, 0.717) is 17.6 Å². The predicted octanol–water partition coefficient (Wildman–Crippen LogP) is 0.845. The van der Waals surface area contributed by atoms with Crippen LogP contribution in [0.3, 0.4) is 0 Å². The molecule has 2 heterocycles. The predicted molar refractivity (Wildman–Crippen MR) is 72.0 cm³/mol.